The fraction of sp³-hybridized carbons (Fsp3) is 0.235. The molecule has 0 aliphatic carbocycles. The first-order valence-electron chi connectivity index (χ1n) is 7.17. The number of nitrogens with one attached hydrogen (secondary N) is 1. The van der Waals surface area contributed by atoms with Gasteiger partial charge in [0.1, 0.15) is 11.6 Å². The lowest BCUT2D eigenvalue weighted by Crippen LogP contribution is -2.33. The molecule has 0 bridgehead atoms. The van der Waals surface area contributed by atoms with E-state index < -0.39 is 11.6 Å². The standard InChI is InChI=1S/C17H19F2N3.HI/c18-15-7-6-14(16(19)12-15)9-11-22-17(20)21-10-8-13-4-2-1-3-5-13;/h1-7,12H,8-11H2,(H3,20,21,22);1H. The zero-order valence-electron chi connectivity index (χ0n) is 12.6. The van der Waals surface area contributed by atoms with Gasteiger partial charge in [-0.2, -0.15) is 0 Å². The average Bonchev–Trinajstić information content (AvgIpc) is 2.50. The van der Waals surface area contributed by atoms with Crippen LogP contribution < -0.4 is 11.1 Å². The minimum absolute atomic E-state index is 0. The summed E-state index contributed by atoms with van der Waals surface area (Å²) in [4.78, 5) is 4.14. The lowest BCUT2D eigenvalue weighted by molar-refractivity contribution is 0.572. The summed E-state index contributed by atoms with van der Waals surface area (Å²) in [5.74, 6) is -0.795. The molecule has 0 aliphatic rings. The summed E-state index contributed by atoms with van der Waals surface area (Å²) in [6, 6.07) is 13.6. The highest BCUT2D eigenvalue weighted by molar-refractivity contribution is 14.0. The highest BCUT2D eigenvalue weighted by Gasteiger charge is 2.03. The molecular weight excluding hydrogens is 411 g/mol. The van der Waals surface area contributed by atoms with E-state index in [1.165, 1.54) is 17.7 Å². The maximum absolute atomic E-state index is 13.4. The van der Waals surface area contributed by atoms with Gasteiger partial charge in [-0.25, -0.2) is 8.78 Å². The van der Waals surface area contributed by atoms with Gasteiger partial charge in [-0.15, -0.1) is 24.0 Å². The van der Waals surface area contributed by atoms with Crippen molar-refractivity contribution >= 4 is 29.9 Å². The number of benzene rings is 2. The normalized spacial score (nSPS) is 11.0. The third kappa shape index (κ3) is 6.94. The van der Waals surface area contributed by atoms with Crippen LogP contribution in [0, 0.1) is 11.6 Å². The predicted molar refractivity (Wildman–Crippen MR) is 100 cm³/mol. The van der Waals surface area contributed by atoms with Gasteiger partial charge in [0.15, 0.2) is 5.96 Å². The van der Waals surface area contributed by atoms with Gasteiger partial charge in [-0.3, -0.25) is 4.99 Å². The Hall–Kier alpha value is -1.70. The molecule has 2 rings (SSSR count). The van der Waals surface area contributed by atoms with Crippen LogP contribution >= 0.6 is 24.0 Å². The number of nitrogens with two attached hydrogens (primary N) is 1. The molecule has 3 nitrogen and oxygen atoms in total. The van der Waals surface area contributed by atoms with Crippen LogP contribution in [0.25, 0.3) is 0 Å². The Morgan fingerprint density at radius 3 is 2.48 bits per heavy atom. The molecule has 2 aromatic rings. The second-order valence-electron chi connectivity index (χ2n) is 4.92. The Balaban J connectivity index is 0.00000264. The van der Waals surface area contributed by atoms with Crippen LogP contribution in [0.5, 0.6) is 0 Å². The maximum Gasteiger partial charge on any atom is 0.188 e. The Morgan fingerprint density at radius 2 is 1.78 bits per heavy atom. The van der Waals surface area contributed by atoms with Crippen molar-refractivity contribution in [2.75, 3.05) is 13.1 Å². The van der Waals surface area contributed by atoms with E-state index in [-0.39, 0.29) is 24.0 Å². The summed E-state index contributed by atoms with van der Waals surface area (Å²) in [6.45, 7) is 1.04. The molecule has 0 fully saturated rings. The molecule has 124 valence electrons. The van der Waals surface area contributed by atoms with Crippen molar-refractivity contribution in [2.45, 2.75) is 12.8 Å². The highest BCUT2D eigenvalue weighted by Crippen LogP contribution is 2.10. The van der Waals surface area contributed by atoms with Crippen molar-refractivity contribution in [3.8, 4) is 0 Å². The first-order valence-corrected chi connectivity index (χ1v) is 7.17. The number of halogens is 3. The molecule has 0 amide bonds. The summed E-state index contributed by atoms with van der Waals surface area (Å²) in [5.41, 5.74) is 7.40. The second-order valence-corrected chi connectivity index (χ2v) is 4.92. The van der Waals surface area contributed by atoms with Gasteiger partial charge >= 0.3 is 0 Å². The molecule has 0 saturated carbocycles. The van der Waals surface area contributed by atoms with Crippen molar-refractivity contribution < 1.29 is 8.78 Å². The molecule has 0 unspecified atom stereocenters. The van der Waals surface area contributed by atoms with E-state index in [9.17, 15) is 8.78 Å². The van der Waals surface area contributed by atoms with E-state index in [1.807, 2.05) is 30.3 Å². The number of nitrogens with zero attached hydrogens (tertiary/aromatic N) is 1. The van der Waals surface area contributed by atoms with Crippen LogP contribution in [0.4, 0.5) is 8.78 Å². The third-order valence-electron chi connectivity index (χ3n) is 3.24. The van der Waals surface area contributed by atoms with Crippen LogP contribution in [0.2, 0.25) is 0 Å². The van der Waals surface area contributed by atoms with Gasteiger partial charge in [-0.05, 0) is 30.0 Å². The van der Waals surface area contributed by atoms with Crippen LogP contribution in [0.3, 0.4) is 0 Å². The SMILES string of the molecule is I.NC(=NCCc1ccc(F)cc1F)NCCc1ccccc1. The average molecular weight is 431 g/mol. The maximum atomic E-state index is 13.4. The largest absolute Gasteiger partial charge is 0.370 e. The summed E-state index contributed by atoms with van der Waals surface area (Å²) >= 11 is 0. The van der Waals surface area contributed by atoms with Gasteiger partial charge in [-0.1, -0.05) is 36.4 Å². The fourth-order valence-electron chi connectivity index (χ4n) is 2.06. The quantitative estimate of drug-likeness (QED) is 0.419. The number of guanidine groups is 1. The lowest BCUT2D eigenvalue weighted by Gasteiger charge is -2.06. The van der Waals surface area contributed by atoms with Gasteiger partial charge in [0.2, 0.25) is 0 Å². The van der Waals surface area contributed by atoms with Gasteiger partial charge < -0.3 is 11.1 Å². The Bertz CT molecular complexity index is 633. The van der Waals surface area contributed by atoms with Crippen molar-refractivity contribution in [1.82, 2.24) is 5.32 Å². The minimum atomic E-state index is -0.577. The molecule has 0 radical (unpaired) electrons. The van der Waals surface area contributed by atoms with E-state index in [2.05, 4.69) is 10.3 Å². The van der Waals surface area contributed by atoms with Crippen LogP contribution in [-0.2, 0) is 12.8 Å². The molecule has 0 heterocycles. The number of aliphatic imine (C=N–C) groups is 1. The van der Waals surface area contributed by atoms with E-state index in [0.717, 1.165) is 12.5 Å². The van der Waals surface area contributed by atoms with E-state index in [1.54, 1.807) is 0 Å². The molecule has 2 aromatic carbocycles. The monoisotopic (exact) mass is 431 g/mol. The summed E-state index contributed by atoms with van der Waals surface area (Å²) < 4.78 is 26.2. The van der Waals surface area contributed by atoms with Gasteiger partial charge in [0, 0.05) is 19.2 Å². The molecule has 0 atom stereocenters. The van der Waals surface area contributed by atoms with E-state index in [0.29, 0.717) is 31.0 Å². The zero-order valence-corrected chi connectivity index (χ0v) is 15.0. The van der Waals surface area contributed by atoms with Crippen molar-refractivity contribution in [2.24, 2.45) is 10.7 Å². The molecule has 0 aliphatic heterocycles. The molecule has 3 N–H and O–H groups in total. The van der Waals surface area contributed by atoms with Gasteiger partial charge in [0.05, 0.1) is 0 Å². The minimum Gasteiger partial charge on any atom is -0.370 e. The number of hydrogen-bond acceptors (Lipinski definition) is 1. The van der Waals surface area contributed by atoms with Crippen molar-refractivity contribution in [1.29, 1.82) is 0 Å². The summed E-state index contributed by atoms with van der Waals surface area (Å²) in [5, 5.41) is 3.02. The second kappa shape index (κ2) is 10.1. The summed E-state index contributed by atoms with van der Waals surface area (Å²) in [6.07, 6.45) is 1.23. The zero-order chi connectivity index (χ0) is 15.8. The Labute approximate surface area is 152 Å². The predicted octanol–water partition coefficient (Wildman–Crippen LogP) is 3.27. The Kier molecular flexibility index (Phi) is 8.53. The van der Waals surface area contributed by atoms with Crippen LogP contribution in [0.15, 0.2) is 53.5 Å². The Morgan fingerprint density at radius 1 is 1.04 bits per heavy atom. The number of hydrogen-bond donors (Lipinski definition) is 2. The van der Waals surface area contributed by atoms with E-state index >= 15 is 0 Å². The van der Waals surface area contributed by atoms with E-state index in [4.69, 9.17) is 5.73 Å². The fourth-order valence-corrected chi connectivity index (χ4v) is 2.06. The van der Waals surface area contributed by atoms with Gasteiger partial charge in [0.25, 0.3) is 0 Å². The lowest BCUT2D eigenvalue weighted by atomic mass is 10.1. The smallest absolute Gasteiger partial charge is 0.188 e. The first kappa shape index (κ1) is 19.3. The first-order chi connectivity index (χ1) is 10.6. The van der Waals surface area contributed by atoms with Crippen molar-refractivity contribution in [3.05, 3.63) is 71.3 Å². The molecule has 0 aromatic heterocycles. The van der Waals surface area contributed by atoms with Crippen molar-refractivity contribution in [3.63, 3.8) is 0 Å². The molecular formula is C17H20F2IN3. The summed E-state index contributed by atoms with van der Waals surface area (Å²) in [7, 11) is 0. The molecule has 0 saturated heterocycles. The third-order valence-corrected chi connectivity index (χ3v) is 3.24. The topological polar surface area (TPSA) is 50.4 Å². The number of rotatable bonds is 6. The molecule has 0 spiro atoms. The highest BCUT2D eigenvalue weighted by atomic mass is 127. The van der Waals surface area contributed by atoms with Crippen LogP contribution in [-0.4, -0.2) is 19.0 Å². The molecule has 6 heteroatoms. The molecule has 23 heavy (non-hydrogen) atoms. The van der Waals surface area contributed by atoms with Crippen LogP contribution in [0.1, 0.15) is 11.1 Å².